The molecule has 0 atom stereocenters. The zero-order valence-electron chi connectivity index (χ0n) is 19.0. The topological polar surface area (TPSA) is 86.4 Å². The Morgan fingerprint density at radius 3 is 2.20 bits per heavy atom. The van der Waals surface area contributed by atoms with Crippen LogP contribution in [0.3, 0.4) is 0 Å². The molecule has 3 aromatic carbocycles. The zero-order valence-corrected chi connectivity index (χ0v) is 19.9. The number of aromatic nitrogens is 1. The van der Waals surface area contributed by atoms with E-state index >= 15 is 0 Å². The fraction of sp³-hybridized carbons (Fsp3) is 0.185. The minimum absolute atomic E-state index is 0.0940. The minimum atomic E-state index is -3.68. The van der Waals surface area contributed by atoms with Gasteiger partial charge in [0, 0.05) is 49.8 Å². The van der Waals surface area contributed by atoms with E-state index in [1.54, 1.807) is 4.90 Å². The van der Waals surface area contributed by atoms with E-state index in [2.05, 4.69) is 16.7 Å². The van der Waals surface area contributed by atoms with E-state index in [0.717, 1.165) is 16.5 Å². The van der Waals surface area contributed by atoms with Crippen LogP contribution in [0, 0.1) is 11.3 Å². The number of nitrogens with zero attached hydrogens (tertiary/aromatic N) is 4. The summed E-state index contributed by atoms with van der Waals surface area (Å²) < 4.78 is 29.5. The van der Waals surface area contributed by atoms with Crippen LogP contribution in [0.5, 0.6) is 0 Å². The van der Waals surface area contributed by atoms with E-state index in [0.29, 0.717) is 30.8 Å². The Morgan fingerprint density at radius 1 is 0.857 bits per heavy atom. The number of nitriles is 1. The molecule has 0 spiro atoms. The third-order valence-corrected chi connectivity index (χ3v) is 8.27. The van der Waals surface area contributed by atoms with Crippen molar-refractivity contribution in [1.29, 1.82) is 5.26 Å². The van der Waals surface area contributed by atoms with Crippen LogP contribution in [-0.4, -0.2) is 54.3 Å². The first-order valence-corrected chi connectivity index (χ1v) is 12.8. The molecule has 1 aromatic heterocycles. The fourth-order valence-corrected chi connectivity index (χ4v) is 5.90. The van der Waals surface area contributed by atoms with Gasteiger partial charge in [0.05, 0.1) is 22.1 Å². The predicted molar refractivity (Wildman–Crippen MR) is 133 cm³/mol. The molecule has 176 valence electrons. The maximum Gasteiger partial charge on any atom is 0.256 e. The predicted octanol–water partition coefficient (Wildman–Crippen LogP) is 3.71. The lowest BCUT2D eigenvalue weighted by atomic mass is 10.1. The molecule has 0 N–H and O–H groups in total. The van der Waals surface area contributed by atoms with E-state index in [1.165, 1.54) is 28.6 Å². The third-order valence-electron chi connectivity index (χ3n) is 6.36. The number of carbonyl (C=O) groups excluding carboxylic acids is 1. The highest BCUT2D eigenvalue weighted by molar-refractivity contribution is 7.89. The molecule has 1 fully saturated rings. The summed E-state index contributed by atoms with van der Waals surface area (Å²) in [6, 6.07) is 25.8. The molecule has 1 aliphatic rings. The smallest absolute Gasteiger partial charge is 0.256 e. The summed E-state index contributed by atoms with van der Waals surface area (Å²) in [5, 5.41) is 9.84. The number of para-hydroxylation sites is 1. The standard InChI is InChI=1S/C27H24N4O3S/c28-18-21-10-12-23(13-11-21)35(33,34)31-16-14-29(15-17-31)27(32)25-20-30(19-22-6-2-1-3-7-22)26-9-5-4-8-24(25)26/h1-13,20H,14-17,19H2. The molecule has 4 aromatic rings. The number of benzene rings is 3. The Kier molecular flexibility index (Phi) is 6.12. The lowest BCUT2D eigenvalue weighted by Gasteiger charge is -2.34. The average molecular weight is 485 g/mol. The van der Waals surface area contributed by atoms with Gasteiger partial charge in [-0.15, -0.1) is 0 Å². The van der Waals surface area contributed by atoms with Gasteiger partial charge >= 0.3 is 0 Å². The van der Waals surface area contributed by atoms with Crippen LogP contribution in [0.2, 0.25) is 0 Å². The first kappa shape index (κ1) is 22.8. The van der Waals surface area contributed by atoms with Crippen molar-refractivity contribution < 1.29 is 13.2 Å². The number of hydrogen-bond acceptors (Lipinski definition) is 4. The van der Waals surface area contributed by atoms with Crippen LogP contribution < -0.4 is 0 Å². The molecule has 1 saturated heterocycles. The van der Waals surface area contributed by atoms with Gasteiger partial charge in [0.15, 0.2) is 0 Å². The van der Waals surface area contributed by atoms with Crippen LogP contribution in [0.25, 0.3) is 10.9 Å². The van der Waals surface area contributed by atoms with E-state index < -0.39 is 10.0 Å². The van der Waals surface area contributed by atoms with Crippen LogP contribution in [0.15, 0.2) is 90.0 Å². The monoisotopic (exact) mass is 484 g/mol. The molecule has 0 radical (unpaired) electrons. The molecule has 7 nitrogen and oxygen atoms in total. The highest BCUT2D eigenvalue weighted by Crippen LogP contribution is 2.25. The highest BCUT2D eigenvalue weighted by Gasteiger charge is 2.31. The second kappa shape index (κ2) is 9.37. The molecule has 0 bridgehead atoms. The first-order valence-electron chi connectivity index (χ1n) is 11.4. The average Bonchev–Trinajstić information content (AvgIpc) is 3.27. The molecule has 35 heavy (non-hydrogen) atoms. The Labute approximate surface area is 204 Å². The number of fused-ring (bicyclic) bond motifs is 1. The van der Waals surface area contributed by atoms with Crippen LogP contribution in [0.4, 0.5) is 0 Å². The Morgan fingerprint density at radius 2 is 1.51 bits per heavy atom. The number of sulfonamides is 1. The maximum absolute atomic E-state index is 13.5. The number of piperazine rings is 1. The maximum atomic E-state index is 13.5. The summed E-state index contributed by atoms with van der Waals surface area (Å²) in [5.74, 6) is -0.0940. The van der Waals surface area contributed by atoms with Gasteiger partial charge in [0.1, 0.15) is 0 Å². The van der Waals surface area contributed by atoms with Crippen molar-refractivity contribution in [3.8, 4) is 6.07 Å². The molecule has 0 saturated carbocycles. The van der Waals surface area contributed by atoms with Crippen molar-refractivity contribution in [2.45, 2.75) is 11.4 Å². The van der Waals surface area contributed by atoms with Gasteiger partial charge in [0.2, 0.25) is 10.0 Å². The van der Waals surface area contributed by atoms with Crippen molar-refractivity contribution in [3.63, 3.8) is 0 Å². The first-order chi connectivity index (χ1) is 17.0. The Bertz CT molecular complexity index is 1510. The lowest BCUT2D eigenvalue weighted by Crippen LogP contribution is -2.50. The molecule has 0 unspecified atom stereocenters. The molecular weight excluding hydrogens is 460 g/mol. The number of rotatable bonds is 5. The van der Waals surface area contributed by atoms with E-state index in [-0.39, 0.29) is 23.9 Å². The molecule has 2 heterocycles. The van der Waals surface area contributed by atoms with Gasteiger partial charge in [-0.05, 0) is 35.9 Å². The Hall–Kier alpha value is -3.93. The molecule has 0 aliphatic carbocycles. The van der Waals surface area contributed by atoms with Crippen molar-refractivity contribution in [2.75, 3.05) is 26.2 Å². The van der Waals surface area contributed by atoms with Gasteiger partial charge in [-0.3, -0.25) is 4.79 Å². The van der Waals surface area contributed by atoms with E-state index in [4.69, 9.17) is 5.26 Å². The molecular formula is C27H24N4O3S. The van der Waals surface area contributed by atoms with Crippen molar-refractivity contribution in [1.82, 2.24) is 13.8 Å². The number of hydrogen-bond donors (Lipinski definition) is 0. The van der Waals surface area contributed by atoms with Crippen LogP contribution >= 0.6 is 0 Å². The zero-order chi connectivity index (χ0) is 24.4. The van der Waals surface area contributed by atoms with Gasteiger partial charge in [-0.1, -0.05) is 48.5 Å². The van der Waals surface area contributed by atoms with E-state index in [9.17, 15) is 13.2 Å². The summed E-state index contributed by atoms with van der Waals surface area (Å²) in [4.78, 5) is 15.4. The summed E-state index contributed by atoms with van der Waals surface area (Å²) in [5.41, 5.74) is 3.17. The lowest BCUT2D eigenvalue weighted by molar-refractivity contribution is 0.0699. The molecule has 8 heteroatoms. The second-order valence-corrected chi connectivity index (χ2v) is 10.4. The van der Waals surface area contributed by atoms with Gasteiger partial charge in [-0.2, -0.15) is 9.57 Å². The van der Waals surface area contributed by atoms with Crippen molar-refractivity contribution >= 4 is 26.8 Å². The Balaban J connectivity index is 1.34. The second-order valence-electron chi connectivity index (χ2n) is 8.51. The summed E-state index contributed by atoms with van der Waals surface area (Å²) in [6.45, 7) is 1.72. The van der Waals surface area contributed by atoms with Crippen molar-refractivity contribution in [3.05, 3.63) is 102 Å². The fourth-order valence-electron chi connectivity index (χ4n) is 4.48. The largest absolute Gasteiger partial charge is 0.342 e. The van der Waals surface area contributed by atoms with Crippen molar-refractivity contribution in [2.24, 2.45) is 0 Å². The number of amides is 1. The van der Waals surface area contributed by atoms with Crippen LogP contribution in [-0.2, 0) is 16.6 Å². The summed E-state index contributed by atoms with van der Waals surface area (Å²) in [6.07, 6.45) is 1.90. The third kappa shape index (κ3) is 4.44. The number of carbonyl (C=O) groups is 1. The normalized spacial score (nSPS) is 14.7. The molecule has 5 rings (SSSR count). The van der Waals surface area contributed by atoms with Gasteiger partial charge < -0.3 is 9.47 Å². The molecule has 1 aliphatic heterocycles. The van der Waals surface area contributed by atoms with Gasteiger partial charge in [-0.25, -0.2) is 8.42 Å². The quantitative estimate of drug-likeness (QED) is 0.432. The van der Waals surface area contributed by atoms with Gasteiger partial charge in [0.25, 0.3) is 5.91 Å². The summed E-state index contributed by atoms with van der Waals surface area (Å²) >= 11 is 0. The summed E-state index contributed by atoms with van der Waals surface area (Å²) in [7, 11) is -3.68. The van der Waals surface area contributed by atoms with E-state index in [1.807, 2.05) is 54.7 Å². The minimum Gasteiger partial charge on any atom is -0.342 e. The SMILES string of the molecule is N#Cc1ccc(S(=O)(=O)N2CCN(C(=O)c3cn(Cc4ccccc4)c4ccccc34)CC2)cc1. The highest BCUT2D eigenvalue weighted by atomic mass is 32.2. The molecule has 1 amide bonds. The van der Waals surface area contributed by atoms with Crippen LogP contribution in [0.1, 0.15) is 21.5 Å².